The number of para-hydroxylation sites is 2. The molecule has 0 radical (unpaired) electrons. The predicted octanol–water partition coefficient (Wildman–Crippen LogP) is 3.21. The van der Waals surface area contributed by atoms with Crippen LogP contribution in [0.4, 0.5) is 21.5 Å². The largest absolute Gasteiger partial charge is 0.477 e. The second-order valence-corrected chi connectivity index (χ2v) is 7.28. The zero-order valence-electron chi connectivity index (χ0n) is 17.9. The summed E-state index contributed by atoms with van der Waals surface area (Å²) in [4.78, 5) is 47.9. The highest BCUT2D eigenvalue weighted by Gasteiger charge is 2.34. The molecule has 0 spiro atoms. The standard InChI is InChI=1S/C24H17FN4O6/c25-18-8-4-5-9-19(18)26-22(30)14-35-21-11-10-15(13-20(21)29(33)34)12-17-23(31)27-28(24(17)32)16-6-2-1-3-7-16/h1-13H,14H2,(H,26,30)(H,27,31)/b17-12-. The van der Waals surface area contributed by atoms with Gasteiger partial charge in [-0.1, -0.05) is 36.4 Å². The molecule has 0 saturated carbocycles. The Hall–Kier alpha value is -5.06. The van der Waals surface area contributed by atoms with Crippen LogP contribution in [0.15, 0.2) is 78.4 Å². The van der Waals surface area contributed by atoms with E-state index in [4.69, 9.17) is 4.74 Å². The topological polar surface area (TPSA) is 131 Å². The van der Waals surface area contributed by atoms with Gasteiger partial charge in [0.05, 0.1) is 16.3 Å². The third kappa shape index (κ3) is 5.14. The van der Waals surface area contributed by atoms with Crippen LogP contribution in [0.1, 0.15) is 5.56 Å². The van der Waals surface area contributed by atoms with Gasteiger partial charge in [0.1, 0.15) is 11.4 Å². The van der Waals surface area contributed by atoms with Crippen LogP contribution in [0.2, 0.25) is 0 Å². The Kier molecular flexibility index (Phi) is 6.49. The van der Waals surface area contributed by atoms with E-state index in [1.54, 1.807) is 30.3 Å². The van der Waals surface area contributed by atoms with Crippen molar-refractivity contribution in [3.63, 3.8) is 0 Å². The van der Waals surface area contributed by atoms with E-state index in [1.165, 1.54) is 42.5 Å². The molecule has 4 rings (SSSR count). The number of anilines is 2. The van der Waals surface area contributed by atoms with Gasteiger partial charge in [-0.3, -0.25) is 29.9 Å². The van der Waals surface area contributed by atoms with Gasteiger partial charge in [0, 0.05) is 6.07 Å². The van der Waals surface area contributed by atoms with E-state index >= 15 is 0 Å². The minimum atomic E-state index is -0.723. The van der Waals surface area contributed by atoms with Crippen molar-refractivity contribution < 1.29 is 28.4 Å². The molecule has 1 aliphatic heterocycles. The number of nitro benzene ring substituents is 1. The third-order valence-electron chi connectivity index (χ3n) is 4.90. The number of hydrazine groups is 1. The first-order valence-corrected chi connectivity index (χ1v) is 10.2. The normalized spacial score (nSPS) is 14.1. The fraction of sp³-hybridized carbons (Fsp3) is 0.0417. The second-order valence-electron chi connectivity index (χ2n) is 7.28. The Bertz CT molecular complexity index is 1360. The van der Waals surface area contributed by atoms with E-state index in [-0.39, 0.29) is 22.6 Å². The van der Waals surface area contributed by atoms with Crippen molar-refractivity contribution >= 4 is 40.9 Å². The summed E-state index contributed by atoms with van der Waals surface area (Å²) in [6.07, 6.45) is 1.22. The zero-order chi connectivity index (χ0) is 24.9. The maximum Gasteiger partial charge on any atom is 0.311 e. The lowest BCUT2D eigenvalue weighted by Gasteiger charge is -2.13. The second kappa shape index (κ2) is 9.83. The van der Waals surface area contributed by atoms with Gasteiger partial charge in [0.2, 0.25) is 0 Å². The molecule has 11 heteroatoms. The Morgan fingerprint density at radius 2 is 1.80 bits per heavy atom. The molecule has 2 N–H and O–H groups in total. The number of benzene rings is 3. The van der Waals surface area contributed by atoms with Crippen molar-refractivity contribution in [2.45, 2.75) is 0 Å². The Morgan fingerprint density at radius 1 is 1.09 bits per heavy atom. The Morgan fingerprint density at radius 3 is 2.51 bits per heavy atom. The summed E-state index contributed by atoms with van der Waals surface area (Å²) in [5.74, 6) is -2.85. The van der Waals surface area contributed by atoms with Crippen LogP contribution in [0, 0.1) is 15.9 Å². The van der Waals surface area contributed by atoms with Crippen molar-refractivity contribution in [3.8, 4) is 5.75 Å². The minimum Gasteiger partial charge on any atom is -0.477 e. The van der Waals surface area contributed by atoms with Crippen LogP contribution in [-0.2, 0) is 14.4 Å². The summed E-state index contributed by atoms with van der Waals surface area (Å²) in [6, 6.07) is 17.7. The molecule has 35 heavy (non-hydrogen) atoms. The van der Waals surface area contributed by atoms with Crippen molar-refractivity contribution in [1.29, 1.82) is 0 Å². The number of carbonyl (C=O) groups excluding carboxylic acids is 3. The van der Waals surface area contributed by atoms with E-state index in [0.717, 1.165) is 11.1 Å². The van der Waals surface area contributed by atoms with Crippen LogP contribution >= 0.6 is 0 Å². The number of hydrogen-bond acceptors (Lipinski definition) is 6. The summed E-state index contributed by atoms with van der Waals surface area (Å²) in [7, 11) is 0. The van der Waals surface area contributed by atoms with E-state index in [0.29, 0.717) is 5.69 Å². The van der Waals surface area contributed by atoms with Gasteiger partial charge in [0.25, 0.3) is 17.7 Å². The number of nitrogens with zero attached hydrogens (tertiary/aromatic N) is 2. The van der Waals surface area contributed by atoms with E-state index in [2.05, 4.69) is 10.7 Å². The molecule has 1 saturated heterocycles. The first kappa shape index (κ1) is 23.1. The SMILES string of the molecule is O=C(COc1ccc(/C=C2/C(=O)NN(c3ccccc3)C2=O)cc1[N+](=O)[O-])Nc1ccccc1F. The minimum absolute atomic E-state index is 0.0540. The molecule has 3 aromatic rings. The quantitative estimate of drug-likeness (QED) is 0.233. The van der Waals surface area contributed by atoms with Crippen molar-refractivity contribution in [2.75, 3.05) is 16.9 Å². The van der Waals surface area contributed by atoms with Gasteiger partial charge in [-0.25, -0.2) is 9.40 Å². The molecule has 176 valence electrons. The van der Waals surface area contributed by atoms with Crippen molar-refractivity contribution in [1.82, 2.24) is 5.43 Å². The molecule has 3 amide bonds. The lowest BCUT2D eigenvalue weighted by Crippen LogP contribution is -2.35. The molecule has 0 bridgehead atoms. The average molecular weight is 476 g/mol. The third-order valence-corrected chi connectivity index (χ3v) is 4.90. The Labute approximate surface area is 197 Å². The highest BCUT2D eigenvalue weighted by molar-refractivity contribution is 6.31. The van der Waals surface area contributed by atoms with Crippen LogP contribution in [0.3, 0.4) is 0 Å². The Balaban J connectivity index is 1.50. The smallest absolute Gasteiger partial charge is 0.311 e. The molecular weight excluding hydrogens is 459 g/mol. The van der Waals surface area contributed by atoms with Gasteiger partial charge in [0.15, 0.2) is 12.4 Å². The summed E-state index contributed by atoms with van der Waals surface area (Å²) in [6.45, 7) is -0.609. The van der Waals surface area contributed by atoms with Gasteiger partial charge in [-0.05, 0) is 42.0 Å². The number of amides is 3. The van der Waals surface area contributed by atoms with Gasteiger partial charge in [-0.15, -0.1) is 0 Å². The molecule has 0 atom stereocenters. The fourth-order valence-electron chi connectivity index (χ4n) is 3.26. The molecule has 1 heterocycles. The molecule has 0 unspecified atom stereocenters. The van der Waals surface area contributed by atoms with Crippen LogP contribution < -0.4 is 20.5 Å². The van der Waals surface area contributed by atoms with E-state index in [9.17, 15) is 28.9 Å². The number of hydrogen-bond donors (Lipinski definition) is 2. The number of nitro groups is 1. The summed E-state index contributed by atoms with van der Waals surface area (Å²) in [5, 5.41) is 14.9. The van der Waals surface area contributed by atoms with E-state index in [1.807, 2.05) is 0 Å². The first-order valence-electron chi connectivity index (χ1n) is 10.2. The lowest BCUT2D eigenvalue weighted by molar-refractivity contribution is -0.385. The number of rotatable bonds is 7. The monoisotopic (exact) mass is 476 g/mol. The highest BCUT2D eigenvalue weighted by atomic mass is 19.1. The van der Waals surface area contributed by atoms with Gasteiger partial charge >= 0.3 is 5.69 Å². The van der Waals surface area contributed by atoms with Crippen molar-refractivity contribution in [2.24, 2.45) is 0 Å². The first-order chi connectivity index (χ1) is 16.8. The van der Waals surface area contributed by atoms with Crippen LogP contribution in [-0.4, -0.2) is 29.3 Å². The predicted molar refractivity (Wildman–Crippen MR) is 124 cm³/mol. The molecule has 0 aromatic heterocycles. The number of carbonyl (C=O) groups is 3. The summed E-state index contributed by atoms with van der Waals surface area (Å²) < 4.78 is 18.9. The van der Waals surface area contributed by atoms with Gasteiger partial charge < -0.3 is 10.1 Å². The zero-order valence-corrected chi connectivity index (χ0v) is 17.9. The molecule has 10 nitrogen and oxygen atoms in total. The molecular formula is C24H17FN4O6. The molecule has 1 aliphatic rings. The maximum absolute atomic E-state index is 13.7. The number of ether oxygens (including phenoxy) is 1. The fourth-order valence-corrected chi connectivity index (χ4v) is 3.26. The number of halogens is 1. The lowest BCUT2D eigenvalue weighted by atomic mass is 10.1. The molecule has 3 aromatic carbocycles. The summed E-state index contributed by atoms with van der Waals surface area (Å²) in [5.41, 5.74) is 2.36. The maximum atomic E-state index is 13.7. The van der Waals surface area contributed by atoms with Gasteiger partial charge in [-0.2, -0.15) is 0 Å². The van der Waals surface area contributed by atoms with Crippen LogP contribution in [0.25, 0.3) is 6.08 Å². The molecule has 0 aliphatic carbocycles. The average Bonchev–Trinajstić information content (AvgIpc) is 3.13. The van der Waals surface area contributed by atoms with E-state index < -0.39 is 40.8 Å². The summed E-state index contributed by atoms with van der Waals surface area (Å²) >= 11 is 0. The number of nitrogens with one attached hydrogen (secondary N) is 2. The molecule has 1 fully saturated rings. The van der Waals surface area contributed by atoms with Crippen LogP contribution in [0.5, 0.6) is 5.75 Å². The van der Waals surface area contributed by atoms with Crippen molar-refractivity contribution in [3.05, 3.63) is 99.9 Å². The highest BCUT2D eigenvalue weighted by Crippen LogP contribution is 2.30.